The number of hydrogen-bond donors (Lipinski definition) is 2. The number of rotatable bonds is 2. The zero-order valence-corrected chi connectivity index (χ0v) is 9.64. The molecule has 0 radical (unpaired) electrons. The molecule has 1 aromatic carbocycles. The van der Waals surface area contributed by atoms with Crippen molar-refractivity contribution in [1.82, 2.24) is 10.1 Å². The number of carbonyl (C=O) groups is 1. The summed E-state index contributed by atoms with van der Waals surface area (Å²) in [5.74, 6) is 0.960. The second-order valence-electron chi connectivity index (χ2n) is 4.10. The van der Waals surface area contributed by atoms with Gasteiger partial charge in [-0.3, -0.25) is 4.79 Å². The lowest BCUT2D eigenvalue weighted by molar-refractivity contribution is -0.116. The van der Waals surface area contributed by atoms with Crippen molar-refractivity contribution in [3.05, 3.63) is 29.7 Å². The summed E-state index contributed by atoms with van der Waals surface area (Å²) in [7, 11) is 0. The molecule has 2 aromatic rings. The zero-order valence-electron chi connectivity index (χ0n) is 9.64. The van der Waals surface area contributed by atoms with Gasteiger partial charge in [-0.2, -0.15) is 4.98 Å². The number of hydrogen-bond acceptors (Lipinski definition) is 5. The Labute approximate surface area is 103 Å². The molecule has 1 amide bonds. The van der Waals surface area contributed by atoms with Crippen molar-refractivity contribution < 1.29 is 9.32 Å². The van der Waals surface area contributed by atoms with E-state index < -0.39 is 0 Å². The number of aromatic nitrogens is 2. The van der Waals surface area contributed by atoms with E-state index in [1.165, 1.54) is 0 Å². The molecule has 6 nitrogen and oxygen atoms in total. The maximum Gasteiger partial charge on any atom is 0.240 e. The van der Waals surface area contributed by atoms with Gasteiger partial charge in [0.15, 0.2) is 0 Å². The number of anilines is 1. The van der Waals surface area contributed by atoms with Crippen molar-refractivity contribution in [3.8, 4) is 11.4 Å². The first-order valence-electron chi connectivity index (χ1n) is 5.72. The van der Waals surface area contributed by atoms with Gasteiger partial charge in [0.2, 0.25) is 17.6 Å². The number of benzene rings is 1. The van der Waals surface area contributed by atoms with Crippen LogP contribution in [0.15, 0.2) is 22.7 Å². The van der Waals surface area contributed by atoms with E-state index in [0.29, 0.717) is 24.6 Å². The number of nitrogens with one attached hydrogen (secondary N) is 1. The van der Waals surface area contributed by atoms with Crippen molar-refractivity contribution >= 4 is 11.6 Å². The Hall–Kier alpha value is -2.21. The van der Waals surface area contributed by atoms with Gasteiger partial charge in [-0.05, 0) is 18.1 Å². The Kier molecular flexibility index (Phi) is 2.56. The molecule has 0 saturated carbocycles. The normalized spacial score (nSPS) is 14.2. The summed E-state index contributed by atoms with van der Waals surface area (Å²) in [6, 6.07) is 5.65. The van der Waals surface area contributed by atoms with E-state index in [2.05, 4.69) is 15.5 Å². The van der Waals surface area contributed by atoms with Crippen LogP contribution in [-0.2, 0) is 17.8 Å². The van der Waals surface area contributed by atoms with Gasteiger partial charge in [-0.15, -0.1) is 0 Å². The first-order valence-corrected chi connectivity index (χ1v) is 5.72. The van der Waals surface area contributed by atoms with Gasteiger partial charge < -0.3 is 15.6 Å². The smallest absolute Gasteiger partial charge is 0.240 e. The highest BCUT2D eigenvalue weighted by molar-refractivity contribution is 5.95. The molecule has 1 aromatic heterocycles. The topological polar surface area (TPSA) is 94.0 Å². The maximum absolute atomic E-state index is 11.3. The molecular formula is C12H12N4O2. The minimum atomic E-state index is 0.0374. The molecule has 0 spiro atoms. The third-order valence-electron chi connectivity index (χ3n) is 2.94. The Morgan fingerprint density at radius 2 is 2.28 bits per heavy atom. The Balaban J connectivity index is 2.07. The van der Waals surface area contributed by atoms with Gasteiger partial charge in [-0.25, -0.2) is 0 Å². The highest BCUT2D eigenvalue weighted by atomic mass is 16.5. The van der Waals surface area contributed by atoms with Crippen LogP contribution in [0.25, 0.3) is 11.4 Å². The fourth-order valence-corrected chi connectivity index (χ4v) is 2.08. The molecule has 18 heavy (non-hydrogen) atoms. The molecule has 2 heterocycles. The standard InChI is InChI=1S/C12H12N4O2/c13-6-11-15-12(16-18-11)8-2-1-3-9-7(8)4-5-10(17)14-9/h1-3H,4-6,13H2,(H,14,17). The van der Waals surface area contributed by atoms with Crippen LogP contribution in [0.1, 0.15) is 17.9 Å². The van der Waals surface area contributed by atoms with E-state index >= 15 is 0 Å². The average Bonchev–Trinajstić information content (AvgIpc) is 2.86. The van der Waals surface area contributed by atoms with E-state index in [0.717, 1.165) is 16.8 Å². The molecule has 0 fully saturated rings. The van der Waals surface area contributed by atoms with Gasteiger partial charge >= 0.3 is 0 Å². The van der Waals surface area contributed by atoms with E-state index in [9.17, 15) is 4.79 Å². The minimum absolute atomic E-state index is 0.0374. The quantitative estimate of drug-likeness (QED) is 0.824. The Morgan fingerprint density at radius 1 is 1.39 bits per heavy atom. The fourth-order valence-electron chi connectivity index (χ4n) is 2.08. The van der Waals surface area contributed by atoms with Crippen molar-refractivity contribution in [2.24, 2.45) is 5.73 Å². The molecule has 1 aliphatic rings. The van der Waals surface area contributed by atoms with Crippen molar-refractivity contribution in [2.75, 3.05) is 5.32 Å². The van der Waals surface area contributed by atoms with Gasteiger partial charge in [0, 0.05) is 17.7 Å². The lowest BCUT2D eigenvalue weighted by atomic mass is 9.97. The number of nitrogens with zero attached hydrogens (tertiary/aromatic N) is 2. The SMILES string of the molecule is NCc1nc(-c2cccc3c2CCC(=O)N3)no1. The predicted molar refractivity (Wildman–Crippen MR) is 64.6 cm³/mol. The van der Waals surface area contributed by atoms with E-state index in [1.54, 1.807) is 0 Å². The fraction of sp³-hybridized carbons (Fsp3) is 0.250. The van der Waals surface area contributed by atoms with Gasteiger partial charge in [0.1, 0.15) is 0 Å². The molecule has 0 bridgehead atoms. The predicted octanol–water partition coefficient (Wildman–Crippen LogP) is 1.08. The van der Waals surface area contributed by atoms with Crippen LogP contribution >= 0.6 is 0 Å². The molecule has 3 rings (SSSR count). The molecule has 0 unspecified atom stereocenters. The largest absolute Gasteiger partial charge is 0.338 e. The zero-order chi connectivity index (χ0) is 12.5. The first-order chi connectivity index (χ1) is 8.78. The number of carbonyl (C=O) groups excluding carboxylic acids is 1. The lowest BCUT2D eigenvalue weighted by Crippen LogP contribution is -2.19. The van der Waals surface area contributed by atoms with Crippen LogP contribution in [0.4, 0.5) is 5.69 Å². The number of nitrogens with two attached hydrogens (primary N) is 1. The average molecular weight is 244 g/mol. The molecule has 92 valence electrons. The van der Waals surface area contributed by atoms with Gasteiger partial charge in [0.25, 0.3) is 0 Å². The van der Waals surface area contributed by atoms with Crippen molar-refractivity contribution in [3.63, 3.8) is 0 Å². The van der Waals surface area contributed by atoms with Crippen LogP contribution in [0.5, 0.6) is 0 Å². The van der Waals surface area contributed by atoms with E-state index in [1.807, 2.05) is 18.2 Å². The minimum Gasteiger partial charge on any atom is -0.338 e. The van der Waals surface area contributed by atoms with Gasteiger partial charge in [-0.1, -0.05) is 17.3 Å². The Bertz CT molecular complexity index is 606. The third kappa shape index (κ3) is 1.76. The molecule has 0 aliphatic carbocycles. The summed E-state index contributed by atoms with van der Waals surface area (Å²) in [5, 5.41) is 6.75. The highest BCUT2D eigenvalue weighted by Gasteiger charge is 2.20. The lowest BCUT2D eigenvalue weighted by Gasteiger charge is -2.18. The molecule has 0 atom stereocenters. The van der Waals surface area contributed by atoms with Gasteiger partial charge in [0.05, 0.1) is 6.54 Å². The Morgan fingerprint density at radius 3 is 3.06 bits per heavy atom. The molecule has 1 aliphatic heterocycles. The second-order valence-corrected chi connectivity index (χ2v) is 4.10. The second kappa shape index (κ2) is 4.23. The highest BCUT2D eigenvalue weighted by Crippen LogP contribution is 2.31. The molecule has 6 heteroatoms. The molecular weight excluding hydrogens is 232 g/mol. The van der Waals surface area contributed by atoms with Crippen LogP contribution < -0.4 is 11.1 Å². The van der Waals surface area contributed by atoms with E-state index in [4.69, 9.17) is 10.3 Å². The summed E-state index contributed by atoms with van der Waals surface area (Å²) in [5.41, 5.74) is 8.19. The first kappa shape index (κ1) is 10.9. The summed E-state index contributed by atoms with van der Waals surface area (Å²) in [4.78, 5) is 15.6. The number of amides is 1. The van der Waals surface area contributed by atoms with E-state index in [-0.39, 0.29) is 12.5 Å². The van der Waals surface area contributed by atoms with Crippen LogP contribution in [0, 0.1) is 0 Å². The van der Waals surface area contributed by atoms with Crippen molar-refractivity contribution in [2.45, 2.75) is 19.4 Å². The maximum atomic E-state index is 11.3. The summed E-state index contributed by atoms with van der Waals surface area (Å²) in [6.07, 6.45) is 1.16. The van der Waals surface area contributed by atoms with Crippen LogP contribution in [0.3, 0.4) is 0 Å². The molecule has 3 N–H and O–H groups in total. The van der Waals surface area contributed by atoms with Crippen LogP contribution in [0.2, 0.25) is 0 Å². The summed E-state index contributed by atoms with van der Waals surface area (Å²) in [6.45, 7) is 0.221. The summed E-state index contributed by atoms with van der Waals surface area (Å²) >= 11 is 0. The summed E-state index contributed by atoms with van der Waals surface area (Å²) < 4.78 is 5.01. The molecule has 0 saturated heterocycles. The monoisotopic (exact) mass is 244 g/mol. The number of fused-ring (bicyclic) bond motifs is 1. The van der Waals surface area contributed by atoms with Crippen LogP contribution in [-0.4, -0.2) is 16.0 Å². The third-order valence-corrected chi connectivity index (χ3v) is 2.94. The van der Waals surface area contributed by atoms with Crippen molar-refractivity contribution in [1.29, 1.82) is 0 Å².